The number of ether oxygens (including phenoxy) is 1. The molecule has 7 nitrogen and oxygen atoms in total. The highest BCUT2D eigenvalue weighted by Gasteiger charge is 2.27. The van der Waals surface area contributed by atoms with Crippen LogP contribution in [0.2, 0.25) is 0 Å². The highest BCUT2D eigenvalue weighted by atomic mass is 16.5. The first-order valence-electron chi connectivity index (χ1n) is 8.44. The number of nitriles is 1. The maximum Gasteiger partial charge on any atom is 0.339 e. The predicted molar refractivity (Wildman–Crippen MR) is 103 cm³/mol. The number of nitrogens with one attached hydrogen (secondary N) is 1. The van der Waals surface area contributed by atoms with Gasteiger partial charge in [0.05, 0.1) is 5.56 Å². The molecule has 0 atom stereocenters. The van der Waals surface area contributed by atoms with E-state index in [1.165, 1.54) is 13.0 Å². The molecular weight excluding hydrogens is 372 g/mol. The fourth-order valence-electron chi connectivity index (χ4n) is 2.71. The van der Waals surface area contributed by atoms with Gasteiger partial charge in [0, 0.05) is 11.1 Å². The van der Waals surface area contributed by atoms with Gasteiger partial charge in [-0.25, -0.2) is 4.79 Å². The Bertz CT molecular complexity index is 1150. The van der Waals surface area contributed by atoms with Gasteiger partial charge in [-0.05, 0) is 42.8 Å². The average molecular weight is 386 g/mol. The number of esters is 1. The van der Waals surface area contributed by atoms with Crippen LogP contribution in [0.5, 0.6) is 0 Å². The van der Waals surface area contributed by atoms with Gasteiger partial charge in [-0.1, -0.05) is 18.1 Å². The van der Waals surface area contributed by atoms with Gasteiger partial charge >= 0.3 is 5.97 Å². The van der Waals surface area contributed by atoms with Crippen LogP contribution in [0.1, 0.15) is 23.0 Å². The average Bonchev–Trinajstić information content (AvgIpc) is 3.18. The molecule has 0 bridgehead atoms. The van der Waals surface area contributed by atoms with Gasteiger partial charge in [0.25, 0.3) is 11.8 Å². The monoisotopic (exact) mass is 386 g/mol. The third kappa shape index (κ3) is 4.00. The van der Waals surface area contributed by atoms with Crippen molar-refractivity contribution in [2.45, 2.75) is 6.92 Å². The lowest BCUT2D eigenvalue weighted by Crippen LogP contribution is -2.37. The van der Waals surface area contributed by atoms with E-state index in [9.17, 15) is 14.4 Å². The number of amides is 2. The number of furan rings is 1. The first kappa shape index (κ1) is 19.4. The molecule has 142 valence electrons. The van der Waals surface area contributed by atoms with Crippen LogP contribution in [-0.2, 0) is 14.3 Å². The molecule has 2 aromatic rings. The quantitative estimate of drug-likeness (QED) is 0.374. The van der Waals surface area contributed by atoms with Crippen LogP contribution in [0.4, 0.5) is 0 Å². The normalized spacial score (nSPS) is 14.9. The summed E-state index contributed by atoms with van der Waals surface area (Å²) in [5.74, 6) is 1.27. The molecule has 2 amide bonds. The number of imide groups is 1. The summed E-state index contributed by atoms with van der Waals surface area (Å²) in [5.41, 5.74) is 1.40. The Morgan fingerprint density at radius 2 is 1.93 bits per heavy atom. The minimum absolute atomic E-state index is 0.0999. The summed E-state index contributed by atoms with van der Waals surface area (Å²) in [5, 5.41) is 11.2. The fraction of sp³-hybridized carbons (Fsp3) is 0.0909. The standard InChI is InChI=1S/C22H14N2O5/c1-3-10-28-22(27)15-6-4-14(5-7-15)19-9-8-16(29-19)11-17-13(2)18(12-23)21(26)24-20(17)25/h1,4-9,11H,10H2,2H3,(H,24,25,26)/b17-11-. The molecule has 0 radical (unpaired) electrons. The maximum absolute atomic E-state index is 12.1. The lowest BCUT2D eigenvalue weighted by atomic mass is 9.96. The van der Waals surface area contributed by atoms with Crippen molar-refractivity contribution in [3.63, 3.8) is 0 Å². The van der Waals surface area contributed by atoms with E-state index in [1.54, 1.807) is 42.5 Å². The second kappa shape index (κ2) is 8.12. The first-order chi connectivity index (χ1) is 13.9. The van der Waals surface area contributed by atoms with E-state index in [-0.39, 0.29) is 23.3 Å². The van der Waals surface area contributed by atoms with Crippen LogP contribution in [0.3, 0.4) is 0 Å². The summed E-state index contributed by atoms with van der Waals surface area (Å²) < 4.78 is 10.6. The molecule has 0 aliphatic carbocycles. The minimum atomic E-state index is -0.715. The number of hydrogen-bond donors (Lipinski definition) is 1. The molecule has 3 rings (SSSR count). The molecule has 0 unspecified atom stereocenters. The van der Waals surface area contributed by atoms with Gasteiger partial charge in [-0.2, -0.15) is 5.26 Å². The van der Waals surface area contributed by atoms with E-state index in [0.717, 1.165) is 0 Å². The second-order valence-electron chi connectivity index (χ2n) is 6.01. The van der Waals surface area contributed by atoms with Crippen LogP contribution < -0.4 is 5.32 Å². The lowest BCUT2D eigenvalue weighted by Gasteiger charge is -2.15. The van der Waals surface area contributed by atoms with Crippen LogP contribution in [0, 0.1) is 23.7 Å². The van der Waals surface area contributed by atoms with Crippen molar-refractivity contribution in [1.29, 1.82) is 5.26 Å². The summed E-state index contributed by atoms with van der Waals surface area (Å²) in [4.78, 5) is 35.5. The molecule has 29 heavy (non-hydrogen) atoms. The van der Waals surface area contributed by atoms with Crippen molar-refractivity contribution >= 4 is 23.9 Å². The van der Waals surface area contributed by atoms with Crippen molar-refractivity contribution < 1.29 is 23.5 Å². The minimum Gasteiger partial charge on any atom is -0.457 e. The lowest BCUT2D eigenvalue weighted by molar-refractivity contribution is -0.126. The summed E-state index contributed by atoms with van der Waals surface area (Å²) >= 11 is 0. The van der Waals surface area contributed by atoms with Gasteiger partial charge < -0.3 is 9.15 Å². The van der Waals surface area contributed by atoms with Crippen molar-refractivity contribution in [2.24, 2.45) is 0 Å². The van der Waals surface area contributed by atoms with E-state index in [2.05, 4.69) is 11.2 Å². The molecule has 0 spiro atoms. The summed E-state index contributed by atoms with van der Waals surface area (Å²) in [7, 11) is 0. The van der Waals surface area contributed by atoms with Crippen LogP contribution >= 0.6 is 0 Å². The van der Waals surface area contributed by atoms with Gasteiger partial charge in [0.1, 0.15) is 23.2 Å². The SMILES string of the molecule is C#CCOC(=O)c1ccc(-c2ccc(/C=C3\C(=O)NC(=O)C(C#N)=C3C)o2)cc1. The molecule has 7 heteroatoms. The molecule has 0 saturated carbocycles. The van der Waals surface area contributed by atoms with Crippen LogP contribution in [-0.4, -0.2) is 24.4 Å². The molecule has 0 saturated heterocycles. The zero-order valence-electron chi connectivity index (χ0n) is 15.3. The summed E-state index contributed by atoms with van der Waals surface area (Å²) in [6, 6.07) is 11.7. The number of nitrogens with zero attached hydrogens (tertiary/aromatic N) is 1. The smallest absolute Gasteiger partial charge is 0.339 e. The number of rotatable bonds is 4. The largest absolute Gasteiger partial charge is 0.457 e. The first-order valence-corrected chi connectivity index (χ1v) is 8.44. The molecule has 1 aliphatic rings. The molecule has 1 N–H and O–H groups in total. The Labute approximate surface area is 166 Å². The van der Waals surface area contributed by atoms with E-state index >= 15 is 0 Å². The summed E-state index contributed by atoms with van der Waals surface area (Å²) in [6.07, 6.45) is 6.52. The Kier molecular flexibility index (Phi) is 5.43. The van der Waals surface area contributed by atoms with Crippen molar-refractivity contribution in [3.05, 3.63) is 64.4 Å². The Morgan fingerprint density at radius 1 is 1.21 bits per heavy atom. The highest BCUT2D eigenvalue weighted by molar-refractivity contribution is 6.19. The molecule has 1 aliphatic heterocycles. The number of terminal acetylenes is 1. The maximum atomic E-state index is 12.1. The number of benzene rings is 1. The van der Waals surface area contributed by atoms with Crippen molar-refractivity contribution in [1.82, 2.24) is 5.32 Å². The predicted octanol–water partition coefficient (Wildman–Crippen LogP) is 2.62. The van der Waals surface area contributed by atoms with Crippen LogP contribution in [0.25, 0.3) is 17.4 Å². The molecule has 0 fully saturated rings. The van der Waals surface area contributed by atoms with Crippen molar-refractivity contribution in [2.75, 3.05) is 6.61 Å². The number of carbonyl (C=O) groups excluding carboxylic acids is 3. The van der Waals surface area contributed by atoms with E-state index in [1.807, 2.05) is 0 Å². The molecule has 1 aromatic carbocycles. The molecule has 2 heterocycles. The Balaban J connectivity index is 1.85. The number of hydrogen-bond acceptors (Lipinski definition) is 6. The fourth-order valence-corrected chi connectivity index (χ4v) is 2.71. The van der Waals surface area contributed by atoms with Crippen molar-refractivity contribution in [3.8, 4) is 29.7 Å². The summed E-state index contributed by atoms with van der Waals surface area (Å²) in [6.45, 7) is 1.43. The zero-order valence-corrected chi connectivity index (χ0v) is 15.3. The van der Waals surface area contributed by atoms with Gasteiger partial charge in [0.2, 0.25) is 0 Å². The molecule has 1 aromatic heterocycles. The van der Waals surface area contributed by atoms with E-state index in [0.29, 0.717) is 22.6 Å². The topological polar surface area (TPSA) is 109 Å². The zero-order chi connectivity index (χ0) is 21.0. The van der Waals surface area contributed by atoms with E-state index in [4.69, 9.17) is 20.8 Å². The highest BCUT2D eigenvalue weighted by Crippen LogP contribution is 2.27. The second-order valence-corrected chi connectivity index (χ2v) is 6.01. The van der Waals surface area contributed by atoms with Gasteiger partial charge in [-0.15, -0.1) is 6.42 Å². The van der Waals surface area contributed by atoms with Crippen LogP contribution in [0.15, 0.2) is 57.5 Å². The number of carbonyl (C=O) groups is 3. The molecular formula is C22H14N2O5. The van der Waals surface area contributed by atoms with Gasteiger partial charge in [-0.3, -0.25) is 14.9 Å². The third-order valence-electron chi connectivity index (χ3n) is 4.19. The Morgan fingerprint density at radius 3 is 2.59 bits per heavy atom. The van der Waals surface area contributed by atoms with E-state index < -0.39 is 17.8 Å². The third-order valence-corrected chi connectivity index (χ3v) is 4.19. The Hall–Kier alpha value is -4.36. The van der Waals surface area contributed by atoms with Gasteiger partial charge in [0.15, 0.2) is 6.61 Å².